The highest BCUT2D eigenvalue weighted by molar-refractivity contribution is 5.44. The lowest BCUT2D eigenvalue weighted by Crippen LogP contribution is -2.13. The molecule has 2 aliphatic rings. The van der Waals surface area contributed by atoms with Crippen molar-refractivity contribution in [3.63, 3.8) is 0 Å². The molecule has 0 bridgehead atoms. The first kappa shape index (κ1) is 12.7. The van der Waals surface area contributed by atoms with E-state index in [1.54, 1.807) is 6.07 Å². The van der Waals surface area contributed by atoms with Crippen LogP contribution in [0.2, 0.25) is 0 Å². The molecule has 0 spiro atoms. The van der Waals surface area contributed by atoms with Crippen LogP contribution in [-0.2, 0) is 0 Å². The summed E-state index contributed by atoms with van der Waals surface area (Å²) in [5.74, 6) is 2.10. The van der Waals surface area contributed by atoms with Crippen molar-refractivity contribution in [3.8, 4) is 11.5 Å². The molecule has 1 aromatic rings. The van der Waals surface area contributed by atoms with E-state index in [2.05, 4.69) is 0 Å². The van der Waals surface area contributed by atoms with Gasteiger partial charge in [-0.05, 0) is 43.1 Å². The van der Waals surface area contributed by atoms with Gasteiger partial charge in [-0.25, -0.2) is 4.39 Å². The Kier molecular flexibility index (Phi) is 3.13. The molecule has 104 valence electrons. The van der Waals surface area contributed by atoms with Gasteiger partial charge in [0.2, 0.25) is 0 Å². The van der Waals surface area contributed by atoms with Crippen LogP contribution in [0.1, 0.15) is 30.9 Å². The fraction of sp³-hybridized carbons (Fsp3) is 0.600. The molecule has 2 aliphatic carbocycles. The van der Waals surface area contributed by atoms with Crippen LogP contribution in [0.4, 0.5) is 4.39 Å². The lowest BCUT2D eigenvalue weighted by molar-refractivity contribution is 0.100. The summed E-state index contributed by atoms with van der Waals surface area (Å²) in [6, 6.07) is 2.84. The molecule has 0 amide bonds. The highest BCUT2D eigenvalue weighted by Crippen LogP contribution is 2.57. The molecule has 0 radical (unpaired) electrons. The quantitative estimate of drug-likeness (QED) is 0.910. The summed E-state index contributed by atoms with van der Waals surface area (Å²) in [4.78, 5) is 0. The van der Waals surface area contributed by atoms with E-state index in [9.17, 15) is 9.50 Å². The maximum absolute atomic E-state index is 14.1. The van der Waals surface area contributed by atoms with Gasteiger partial charge in [0.25, 0.3) is 0 Å². The third-order valence-corrected chi connectivity index (χ3v) is 4.55. The van der Waals surface area contributed by atoms with Gasteiger partial charge >= 0.3 is 0 Å². The monoisotopic (exact) mass is 266 g/mol. The van der Waals surface area contributed by atoms with E-state index in [-0.39, 0.29) is 5.92 Å². The summed E-state index contributed by atoms with van der Waals surface area (Å²) in [7, 11) is 2.98. The lowest BCUT2D eigenvalue weighted by Gasteiger charge is -2.21. The third-order valence-electron chi connectivity index (χ3n) is 4.55. The second-order valence-electron chi connectivity index (χ2n) is 5.66. The normalized spacial score (nSPS) is 29.8. The first-order valence-corrected chi connectivity index (χ1v) is 6.73. The lowest BCUT2D eigenvalue weighted by atomic mass is 9.91. The van der Waals surface area contributed by atoms with E-state index in [0.29, 0.717) is 17.1 Å². The van der Waals surface area contributed by atoms with Gasteiger partial charge in [0.15, 0.2) is 11.5 Å². The molecule has 4 heteroatoms. The van der Waals surface area contributed by atoms with Gasteiger partial charge in [0, 0.05) is 11.6 Å². The minimum absolute atomic E-state index is 0.177. The number of ether oxygens (including phenoxy) is 2. The molecule has 0 aromatic heterocycles. The molecule has 0 saturated heterocycles. The van der Waals surface area contributed by atoms with Gasteiger partial charge in [-0.3, -0.25) is 0 Å². The van der Waals surface area contributed by atoms with E-state index >= 15 is 0 Å². The second kappa shape index (κ2) is 4.67. The van der Waals surface area contributed by atoms with E-state index in [0.717, 1.165) is 24.7 Å². The Balaban J connectivity index is 1.86. The fourth-order valence-electron chi connectivity index (χ4n) is 3.37. The van der Waals surface area contributed by atoms with Crippen molar-refractivity contribution in [2.24, 2.45) is 17.8 Å². The predicted molar refractivity (Wildman–Crippen MR) is 68.8 cm³/mol. The number of aliphatic hydroxyl groups excluding tert-OH is 1. The number of benzene rings is 1. The SMILES string of the molecule is COc1cc(F)c(C(O)C2CC3CC3C2)cc1OC. The highest BCUT2D eigenvalue weighted by atomic mass is 19.1. The second-order valence-corrected chi connectivity index (χ2v) is 5.66. The summed E-state index contributed by atoms with van der Waals surface area (Å²) in [5, 5.41) is 10.4. The number of rotatable bonds is 4. The molecule has 1 N–H and O–H groups in total. The van der Waals surface area contributed by atoms with Gasteiger partial charge < -0.3 is 14.6 Å². The molecule has 0 aliphatic heterocycles. The number of methoxy groups -OCH3 is 2. The number of hydrogen-bond acceptors (Lipinski definition) is 3. The smallest absolute Gasteiger partial charge is 0.163 e. The molecule has 3 rings (SSSR count). The Labute approximate surface area is 112 Å². The zero-order chi connectivity index (χ0) is 13.6. The topological polar surface area (TPSA) is 38.7 Å². The van der Waals surface area contributed by atoms with Crippen LogP contribution in [0.15, 0.2) is 12.1 Å². The maximum Gasteiger partial charge on any atom is 0.163 e. The van der Waals surface area contributed by atoms with Crippen LogP contribution in [0.5, 0.6) is 11.5 Å². The minimum atomic E-state index is -0.743. The van der Waals surface area contributed by atoms with Crippen molar-refractivity contribution in [3.05, 3.63) is 23.5 Å². The predicted octanol–water partition coefficient (Wildman–Crippen LogP) is 2.92. The molecule has 2 saturated carbocycles. The van der Waals surface area contributed by atoms with E-state index < -0.39 is 11.9 Å². The molecule has 3 nitrogen and oxygen atoms in total. The third kappa shape index (κ3) is 2.18. The van der Waals surface area contributed by atoms with Crippen molar-refractivity contribution in [2.45, 2.75) is 25.4 Å². The summed E-state index contributed by atoms with van der Waals surface area (Å²) >= 11 is 0. The van der Waals surface area contributed by atoms with Gasteiger partial charge in [0.1, 0.15) is 5.82 Å². The highest BCUT2D eigenvalue weighted by Gasteiger charge is 2.48. The largest absolute Gasteiger partial charge is 0.493 e. The number of aliphatic hydroxyl groups is 1. The van der Waals surface area contributed by atoms with Gasteiger partial charge in [-0.2, -0.15) is 0 Å². The molecule has 1 aromatic carbocycles. The van der Waals surface area contributed by atoms with Crippen LogP contribution < -0.4 is 9.47 Å². The Bertz CT molecular complexity index is 479. The zero-order valence-corrected chi connectivity index (χ0v) is 11.2. The van der Waals surface area contributed by atoms with Crippen molar-refractivity contribution in [2.75, 3.05) is 14.2 Å². The first-order valence-electron chi connectivity index (χ1n) is 6.73. The van der Waals surface area contributed by atoms with E-state index in [1.165, 1.54) is 26.7 Å². The van der Waals surface area contributed by atoms with Crippen LogP contribution in [0, 0.1) is 23.6 Å². The number of halogens is 1. The standard InChI is InChI=1S/C15H19FO3/c1-18-13-6-11(12(16)7-14(13)19-2)15(17)10-4-8-3-9(8)5-10/h6-10,15,17H,3-5H2,1-2H3. The van der Waals surface area contributed by atoms with Crippen molar-refractivity contribution < 1.29 is 19.0 Å². The summed E-state index contributed by atoms with van der Waals surface area (Å²) in [6.07, 6.45) is 2.57. The summed E-state index contributed by atoms with van der Waals surface area (Å²) < 4.78 is 24.3. The van der Waals surface area contributed by atoms with Crippen LogP contribution in [0.3, 0.4) is 0 Å². The Morgan fingerprint density at radius 1 is 1.11 bits per heavy atom. The molecular formula is C15H19FO3. The molecule has 3 atom stereocenters. The first-order chi connectivity index (χ1) is 9.13. The molecule has 19 heavy (non-hydrogen) atoms. The summed E-state index contributed by atoms with van der Waals surface area (Å²) in [6.45, 7) is 0. The number of fused-ring (bicyclic) bond motifs is 1. The van der Waals surface area contributed by atoms with Crippen molar-refractivity contribution in [1.29, 1.82) is 0 Å². The Hall–Kier alpha value is -1.29. The number of hydrogen-bond donors (Lipinski definition) is 1. The molecule has 0 heterocycles. The minimum Gasteiger partial charge on any atom is -0.493 e. The van der Waals surface area contributed by atoms with Crippen molar-refractivity contribution >= 4 is 0 Å². The van der Waals surface area contributed by atoms with Crippen molar-refractivity contribution in [1.82, 2.24) is 0 Å². The molecular weight excluding hydrogens is 247 g/mol. The average Bonchev–Trinajstić information content (AvgIpc) is 3.04. The van der Waals surface area contributed by atoms with Crippen LogP contribution in [0.25, 0.3) is 0 Å². The van der Waals surface area contributed by atoms with E-state index in [4.69, 9.17) is 9.47 Å². The summed E-state index contributed by atoms with van der Waals surface area (Å²) in [5.41, 5.74) is 0.323. The van der Waals surface area contributed by atoms with Gasteiger partial charge in [0.05, 0.1) is 20.3 Å². The van der Waals surface area contributed by atoms with Crippen LogP contribution >= 0.6 is 0 Å². The van der Waals surface area contributed by atoms with Gasteiger partial charge in [-0.1, -0.05) is 0 Å². The average molecular weight is 266 g/mol. The Morgan fingerprint density at radius 3 is 2.26 bits per heavy atom. The zero-order valence-electron chi connectivity index (χ0n) is 11.2. The van der Waals surface area contributed by atoms with E-state index in [1.807, 2.05) is 0 Å². The molecule has 3 unspecified atom stereocenters. The van der Waals surface area contributed by atoms with Crippen LogP contribution in [-0.4, -0.2) is 19.3 Å². The molecule has 2 fully saturated rings. The fourth-order valence-corrected chi connectivity index (χ4v) is 3.37. The Morgan fingerprint density at radius 2 is 1.68 bits per heavy atom. The maximum atomic E-state index is 14.1. The van der Waals surface area contributed by atoms with Gasteiger partial charge in [-0.15, -0.1) is 0 Å².